The molecule has 0 atom stereocenters. The number of fused-ring (bicyclic) bond motifs is 1. The number of aryl methyl sites for hydroxylation is 1. The summed E-state index contributed by atoms with van der Waals surface area (Å²) in [6.07, 6.45) is 0. The van der Waals surface area contributed by atoms with Crippen LogP contribution in [0.3, 0.4) is 0 Å². The highest BCUT2D eigenvalue weighted by molar-refractivity contribution is 6.02. The molecule has 4 aromatic rings. The molecule has 1 heterocycles. The summed E-state index contributed by atoms with van der Waals surface area (Å²) in [4.78, 5) is 12.3. The number of furan rings is 1. The first-order chi connectivity index (χ1) is 13.6. The number of rotatable bonds is 5. The van der Waals surface area contributed by atoms with Crippen molar-refractivity contribution in [2.75, 3.05) is 5.32 Å². The van der Waals surface area contributed by atoms with Crippen LogP contribution in [0.25, 0.3) is 10.8 Å². The van der Waals surface area contributed by atoms with Crippen molar-refractivity contribution in [3.05, 3.63) is 95.7 Å². The fraction of sp³-hybridized carbons (Fsp3) is 0.0870. The molecule has 0 radical (unpaired) electrons. The second kappa shape index (κ2) is 7.56. The van der Waals surface area contributed by atoms with Crippen molar-refractivity contribution in [3.8, 4) is 5.75 Å². The maximum absolute atomic E-state index is 13.2. The van der Waals surface area contributed by atoms with Gasteiger partial charge in [0.2, 0.25) is 0 Å². The highest BCUT2D eigenvalue weighted by Gasteiger charge is 2.13. The number of hydrogen-bond acceptors (Lipinski definition) is 3. The van der Waals surface area contributed by atoms with Crippen LogP contribution in [0.5, 0.6) is 5.75 Å². The highest BCUT2D eigenvalue weighted by Crippen LogP contribution is 2.22. The minimum Gasteiger partial charge on any atom is -0.486 e. The van der Waals surface area contributed by atoms with Crippen LogP contribution in [0, 0.1) is 12.7 Å². The Morgan fingerprint density at radius 2 is 1.82 bits per heavy atom. The monoisotopic (exact) mass is 375 g/mol. The Morgan fingerprint density at radius 3 is 2.64 bits per heavy atom. The molecule has 3 aromatic carbocycles. The third-order valence-corrected chi connectivity index (χ3v) is 4.42. The van der Waals surface area contributed by atoms with E-state index in [-0.39, 0.29) is 18.2 Å². The molecule has 0 aliphatic rings. The maximum atomic E-state index is 13.2. The maximum Gasteiger partial charge on any atom is 0.291 e. The molecular formula is C23H18FNO3. The molecule has 1 amide bonds. The lowest BCUT2D eigenvalue weighted by atomic mass is 10.1. The van der Waals surface area contributed by atoms with Crippen molar-refractivity contribution >= 4 is 22.4 Å². The third kappa shape index (κ3) is 3.88. The van der Waals surface area contributed by atoms with Crippen LogP contribution in [0.1, 0.15) is 21.9 Å². The van der Waals surface area contributed by atoms with E-state index in [2.05, 4.69) is 5.32 Å². The van der Waals surface area contributed by atoms with Gasteiger partial charge in [0, 0.05) is 5.69 Å². The largest absolute Gasteiger partial charge is 0.486 e. The normalized spacial score (nSPS) is 10.8. The molecular weight excluding hydrogens is 357 g/mol. The summed E-state index contributed by atoms with van der Waals surface area (Å²) in [5.74, 6) is 0.686. The van der Waals surface area contributed by atoms with Crippen molar-refractivity contribution < 1.29 is 18.3 Å². The molecule has 0 bridgehead atoms. The molecule has 140 valence electrons. The molecule has 0 spiro atoms. The van der Waals surface area contributed by atoms with Crippen LogP contribution in [0.2, 0.25) is 0 Å². The summed E-state index contributed by atoms with van der Waals surface area (Å²) >= 11 is 0. The average molecular weight is 375 g/mol. The second-order valence-corrected chi connectivity index (χ2v) is 6.48. The Hall–Kier alpha value is -3.60. The van der Waals surface area contributed by atoms with Crippen molar-refractivity contribution in [2.24, 2.45) is 0 Å². The number of amides is 1. The molecule has 4 rings (SSSR count). The van der Waals surface area contributed by atoms with E-state index < -0.39 is 5.91 Å². The van der Waals surface area contributed by atoms with Gasteiger partial charge >= 0.3 is 0 Å². The standard InChI is InChI=1S/C23H18FNO3/c1-15-12-18(24)7-10-21(15)25-23(26)22-11-9-20(28-22)14-27-19-8-6-16-4-2-3-5-17(16)13-19/h2-13H,14H2,1H3,(H,25,26). The Labute approximate surface area is 161 Å². The van der Waals surface area contributed by atoms with E-state index in [1.807, 2.05) is 42.5 Å². The van der Waals surface area contributed by atoms with Gasteiger partial charge in [0.05, 0.1) is 0 Å². The van der Waals surface area contributed by atoms with Crippen LogP contribution < -0.4 is 10.1 Å². The summed E-state index contributed by atoms with van der Waals surface area (Å²) < 4.78 is 24.5. The number of carbonyl (C=O) groups is 1. The number of carbonyl (C=O) groups excluding carboxylic acids is 1. The molecule has 1 aromatic heterocycles. The minimum atomic E-state index is -0.397. The molecule has 0 aliphatic heterocycles. The smallest absolute Gasteiger partial charge is 0.291 e. The average Bonchev–Trinajstić information content (AvgIpc) is 3.17. The highest BCUT2D eigenvalue weighted by atomic mass is 19.1. The molecule has 1 N–H and O–H groups in total. The predicted octanol–water partition coefficient (Wildman–Crippen LogP) is 5.71. The van der Waals surface area contributed by atoms with Gasteiger partial charge in [0.25, 0.3) is 5.91 Å². The Balaban J connectivity index is 1.41. The van der Waals surface area contributed by atoms with Crippen molar-refractivity contribution in [2.45, 2.75) is 13.5 Å². The van der Waals surface area contributed by atoms with Gasteiger partial charge in [0.1, 0.15) is 23.9 Å². The van der Waals surface area contributed by atoms with Gasteiger partial charge in [-0.15, -0.1) is 0 Å². The number of ether oxygens (including phenoxy) is 1. The lowest BCUT2D eigenvalue weighted by Gasteiger charge is -2.07. The first kappa shape index (κ1) is 17.8. The molecule has 0 saturated heterocycles. The predicted molar refractivity (Wildman–Crippen MR) is 106 cm³/mol. The molecule has 0 unspecified atom stereocenters. The van der Waals surface area contributed by atoms with E-state index in [0.717, 1.165) is 16.5 Å². The first-order valence-electron chi connectivity index (χ1n) is 8.86. The van der Waals surface area contributed by atoms with Crippen LogP contribution in [-0.4, -0.2) is 5.91 Å². The zero-order chi connectivity index (χ0) is 19.5. The second-order valence-electron chi connectivity index (χ2n) is 6.48. The summed E-state index contributed by atoms with van der Waals surface area (Å²) in [5.41, 5.74) is 1.18. The van der Waals surface area contributed by atoms with Crippen LogP contribution in [0.4, 0.5) is 10.1 Å². The molecule has 4 nitrogen and oxygen atoms in total. The summed E-state index contributed by atoms with van der Waals surface area (Å²) in [6, 6.07) is 21.4. The van der Waals surface area contributed by atoms with Crippen molar-refractivity contribution in [1.29, 1.82) is 0 Å². The van der Waals surface area contributed by atoms with Crippen molar-refractivity contribution in [1.82, 2.24) is 0 Å². The molecule has 0 aliphatic carbocycles. The lowest BCUT2D eigenvalue weighted by molar-refractivity contribution is 0.0992. The number of benzene rings is 3. The van der Waals surface area contributed by atoms with Crippen LogP contribution in [-0.2, 0) is 6.61 Å². The van der Waals surface area contributed by atoms with Gasteiger partial charge in [-0.3, -0.25) is 4.79 Å². The van der Waals surface area contributed by atoms with Crippen LogP contribution in [0.15, 0.2) is 77.2 Å². The van der Waals surface area contributed by atoms with Crippen LogP contribution >= 0.6 is 0 Å². The summed E-state index contributed by atoms with van der Waals surface area (Å²) in [6.45, 7) is 1.94. The zero-order valence-electron chi connectivity index (χ0n) is 15.2. The van der Waals surface area contributed by atoms with E-state index in [4.69, 9.17) is 9.15 Å². The number of hydrogen-bond donors (Lipinski definition) is 1. The van der Waals surface area contributed by atoms with Gasteiger partial charge < -0.3 is 14.5 Å². The van der Waals surface area contributed by atoms with Gasteiger partial charge in [-0.25, -0.2) is 4.39 Å². The van der Waals surface area contributed by atoms with Gasteiger partial charge in [-0.05, 0) is 65.7 Å². The Morgan fingerprint density at radius 1 is 1.00 bits per heavy atom. The van der Waals surface area contributed by atoms with Crippen molar-refractivity contribution in [3.63, 3.8) is 0 Å². The number of halogens is 1. The first-order valence-corrected chi connectivity index (χ1v) is 8.86. The lowest BCUT2D eigenvalue weighted by Crippen LogP contribution is -2.12. The fourth-order valence-electron chi connectivity index (χ4n) is 2.94. The molecule has 0 fully saturated rings. The van der Waals surface area contributed by atoms with E-state index in [1.54, 1.807) is 19.1 Å². The summed E-state index contributed by atoms with van der Waals surface area (Å²) in [7, 11) is 0. The topological polar surface area (TPSA) is 51.5 Å². The fourth-order valence-corrected chi connectivity index (χ4v) is 2.94. The number of anilines is 1. The molecule has 0 saturated carbocycles. The third-order valence-electron chi connectivity index (χ3n) is 4.42. The van der Waals surface area contributed by atoms with Gasteiger partial charge in [0.15, 0.2) is 5.76 Å². The van der Waals surface area contributed by atoms with Gasteiger partial charge in [-0.1, -0.05) is 30.3 Å². The number of nitrogens with one attached hydrogen (secondary N) is 1. The zero-order valence-corrected chi connectivity index (χ0v) is 15.2. The Bertz CT molecular complexity index is 1150. The molecule has 28 heavy (non-hydrogen) atoms. The quantitative estimate of drug-likeness (QED) is 0.486. The SMILES string of the molecule is Cc1cc(F)ccc1NC(=O)c1ccc(COc2ccc3ccccc3c2)o1. The van der Waals surface area contributed by atoms with Gasteiger partial charge in [-0.2, -0.15) is 0 Å². The van der Waals surface area contributed by atoms with E-state index in [0.29, 0.717) is 17.0 Å². The Kier molecular flexibility index (Phi) is 4.81. The molecule has 5 heteroatoms. The van der Waals surface area contributed by atoms with E-state index in [9.17, 15) is 9.18 Å². The summed E-state index contributed by atoms with van der Waals surface area (Å²) in [5, 5.41) is 4.95. The van der Waals surface area contributed by atoms with E-state index in [1.165, 1.54) is 18.2 Å². The minimum absolute atomic E-state index is 0.167. The van der Waals surface area contributed by atoms with E-state index >= 15 is 0 Å².